The maximum absolute atomic E-state index is 13.2. The highest BCUT2D eigenvalue weighted by atomic mass is 16.4. The zero-order chi connectivity index (χ0) is 30.7. The summed E-state index contributed by atoms with van der Waals surface area (Å²) in [5, 5.41) is 28.8. The van der Waals surface area contributed by atoms with Crippen molar-refractivity contribution >= 4 is 23.8 Å². The van der Waals surface area contributed by atoms with Gasteiger partial charge in [-0.2, -0.15) is 0 Å². The molecular weight excluding hydrogens is 528 g/mol. The highest BCUT2D eigenvalue weighted by Gasteiger charge is 2.43. The molecule has 0 radical (unpaired) electrons. The fourth-order valence-electron chi connectivity index (χ4n) is 5.86. The van der Waals surface area contributed by atoms with Crippen LogP contribution in [0.1, 0.15) is 97.8 Å². The summed E-state index contributed by atoms with van der Waals surface area (Å²) in [6, 6.07) is 0. The van der Waals surface area contributed by atoms with E-state index in [2.05, 4.69) is 18.7 Å². The Hall–Kier alpha value is -2.24. The molecule has 1 fully saturated rings. The van der Waals surface area contributed by atoms with Crippen molar-refractivity contribution in [1.82, 2.24) is 19.6 Å². The summed E-state index contributed by atoms with van der Waals surface area (Å²) in [4.78, 5) is 55.9. The van der Waals surface area contributed by atoms with Crippen molar-refractivity contribution in [3.8, 4) is 0 Å². The Morgan fingerprint density at radius 3 is 1.71 bits per heavy atom. The average Bonchev–Trinajstić information content (AvgIpc) is 3.08. The van der Waals surface area contributed by atoms with Crippen LogP contribution < -0.4 is 0 Å². The summed E-state index contributed by atoms with van der Waals surface area (Å²) in [6.07, 6.45) is 10.9. The van der Waals surface area contributed by atoms with Crippen LogP contribution in [0.4, 0.5) is 0 Å². The van der Waals surface area contributed by atoms with Crippen molar-refractivity contribution < 1.29 is 34.5 Å². The molecule has 1 amide bonds. The third-order valence-electron chi connectivity index (χ3n) is 8.10. The zero-order valence-corrected chi connectivity index (χ0v) is 25.8. The topological polar surface area (TPSA) is 142 Å². The van der Waals surface area contributed by atoms with Crippen LogP contribution in [0.15, 0.2) is 0 Å². The number of hydrogen-bond donors (Lipinski definition) is 3. The number of likely N-dealkylation sites (N-methyl/N-ethyl adjacent to an activating group) is 1. The van der Waals surface area contributed by atoms with Gasteiger partial charge in [0.15, 0.2) is 0 Å². The number of carboxylic acids is 3. The van der Waals surface area contributed by atoms with E-state index in [1.165, 1.54) is 4.90 Å². The van der Waals surface area contributed by atoms with Crippen LogP contribution in [0.25, 0.3) is 0 Å². The van der Waals surface area contributed by atoms with Crippen LogP contribution in [0.2, 0.25) is 0 Å². The molecule has 1 atom stereocenters. The number of amides is 1. The van der Waals surface area contributed by atoms with Crippen LogP contribution in [-0.2, 0) is 19.2 Å². The number of carbonyl (C=O) groups is 4. The molecule has 0 aromatic rings. The smallest absolute Gasteiger partial charge is 0.317 e. The Balaban J connectivity index is 3.05. The van der Waals surface area contributed by atoms with Crippen LogP contribution in [0.5, 0.6) is 0 Å². The summed E-state index contributed by atoms with van der Waals surface area (Å²) in [5.74, 6) is -3.08. The minimum absolute atomic E-state index is 0.142. The first-order chi connectivity index (χ1) is 19.6. The lowest BCUT2D eigenvalue weighted by Crippen LogP contribution is -2.61. The summed E-state index contributed by atoms with van der Waals surface area (Å²) in [5.41, 5.74) is -0.873. The molecule has 0 aromatic carbocycles. The Bertz CT molecular complexity index is 769. The molecule has 0 spiro atoms. The molecule has 11 nitrogen and oxygen atoms in total. The molecule has 1 heterocycles. The van der Waals surface area contributed by atoms with Crippen LogP contribution in [0, 0.1) is 0 Å². The van der Waals surface area contributed by atoms with Crippen LogP contribution in [-0.4, -0.2) is 130 Å². The normalized spacial score (nSPS) is 18.3. The lowest BCUT2D eigenvalue weighted by molar-refractivity contribution is -0.147. The maximum Gasteiger partial charge on any atom is 0.317 e. The molecule has 0 saturated carbocycles. The monoisotopic (exact) mass is 584 g/mol. The van der Waals surface area contributed by atoms with Gasteiger partial charge in [0.2, 0.25) is 5.91 Å². The third kappa shape index (κ3) is 15.0. The molecular formula is C30H56N4O7. The Morgan fingerprint density at radius 2 is 1.22 bits per heavy atom. The molecule has 3 N–H and O–H groups in total. The fourth-order valence-corrected chi connectivity index (χ4v) is 5.86. The average molecular weight is 585 g/mol. The SMILES string of the molecule is CCCCCCN(CCCCCC)C(=O)CCCCC1(N(CC(=O)O)CC(=O)O)CN(CC)CCN(CC(=O)O)C1. The van der Waals surface area contributed by atoms with E-state index in [4.69, 9.17) is 0 Å². The van der Waals surface area contributed by atoms with Crippen LogP contribution in [0.3, 0.4) is 0 Å². The van der Waals surface area contributed by atoms with Gasteiger partial charge in [0.05, 0.1) is 19.6 Å². The molecule has 1 unspecified atom stereocenters. The number of aliphatic carboxylic acids is 3. The number of nitrogens with zero attached hydrogens (tertiary/aromatic N) is 4. The van der Waals surface area contributed by atoms with Gasteiger partial charge in [-0.05, 0) is 32.2 Å². The Labute approximate surface area is 246 Å². The van der Waals surface area contributed by atoms with Crippen molar-refractivity contribution in [2.24, 2.45) is 0 Å². The molecule has 0 aromatic heterocycles. The number of unbranched alkanes of at least 4 members (excludes halogenated alkanes) is 7. The predicted molar refractivity (Wildman–Crippen MR) is 159 cm³/mol. The van der Waals surface area contributed by atoms with Crippen molar-refractivity contribution in [3.63, 3.8) is 0 Å². The van der Waals surface area contributed by atoms with E-state index in [9.17, 15) is 34.5 Å². The lowest BCUT2D eigenvalue weighted by atomic mass is 9.88. The van der Waals surface area contributed by atoms with Gasteiger partial charge < -0.3 is 25.1 Å². The fraction of sp³-hybridized carbons (Fsp3) is 0.867. The predicted octanol–water partition coefficient (Wildman–Crippen LogP) is 3.47. The quantitative estimate of drug-likeness (QED) is 0.153. The molecule has 1 aliphatic heterocycles. The first kappa shape index (κ1) is 36.8. The van der Waals surface area contributed by atoms with Crippen molar-refractivity contribution in [2.75, 3.05) is 65.4 Å². The van der Waals surface area contributed by atoms with Gasteiger partial charge in [-0.25, -0.2) is 0 Å². The molecule has 0 bridgehead atoms. The molecule has 0 aliphatic carbocycles. The van der Waals surface area contributed by atoms with E-state index < -0.39 is 36.5 Å². The summed E-state index contributed by atoms with van der Waals surface area (Å²) >= 11 is 0. The number of rotatable bonds is 23. The van der Waals surface area contributed by atoms with Gasteiger partial charge in [0.1, 0.15) is 0 Å². The summed E-state index contributed by atoms with van der Waals surface area (Å²) in [6.45, 7) is 9.27. The largest absolute Gasteiger partial charge is 0.480 e. The standard InChI is InChI=1S/C30H56N4O7/c1-4-7-9-13-17-33(18-14-10-8-5-2)26(35)15-11-12-16-30(34(22-28(38)39)23-29(40)41)24-31(6-3)19-20-32(25-30)21-27(36)37/h4-25H2,1-3H3,(H,36,37)(H,38,39)(H,40,41). The highest BCUT2D eigenvalue weighted by molar-refractivity contribution is 5.76. The molecule has 1 aliphatic rings. The summed E-state index contributed by atoms with van der Waals surface area (Å²) in [7, 11) is 0. The second-order valence-corrected chi connectivity index (χ2v) is 11.6. The van der Waals surface area contributed by atoms with E-state index in [1.807, 2.05) is 11.8 Å². The van der Waals surface area contributed by atoms with E-state index in [0.29, 0.717) is 51.9 Å². The van der Waals surface area contributed by atoms with Gasteiger partial charge >= 0.3 is 17.9 Å². The van der Waals surface area contributed by atoms with Gasteiger partial charge in [-0.1, -0.05) is 65.7 Å². The van der Waals surface area contributed by atoms with Crippen molar-refractivity contribution in [3.05, 3.63) is 0 Å². The van der Waals surface area contributed by atoms with Crippen molar-refractivity contribution in [1.29, 1.82) is 0 Å². The Kier molecular flexibility index (Phi) is 18.5. The lowest BCUT2D eigenvalue weighted by Gasteiger charge is -2.45. The number of carboxylic acid groups (broad SMARTS) is 3. The number of hydrogen-bond acceptors (Lipinski definition) is 7. The Morgan fingerprint density at radius 1 is 0.683 bits per heavy atom. The number of carbonyl (C=O) groups excluding carboxylic acids is 1. The van der Waals surface area contributed by atoms with E-state index in [1.54, 1.807) is 4.90 Å². The highest BCUT2D eigenvalue weighted by Crippen LogP contribution is 2.28. The first-order valence-corrected chi connectivity index (χ1v) is 15.7. The third-order valence-corrected chi connectivity index (χ3v) is 8.10. The van der Waals surface area contributed by atoms with Gasteiger partial charge in [-0.3, -0.25) is 29.0 Å². The zero-order valence-electron chi connectivity index (χ0n) is 25.8. The first-order valence-electron chi connectivity index (χ1n) is 15.7. The van der Waals surface area contributed by atoms with Gasteiger partial charge in [0, 0.05) is 51.2 Å². The molecule has 41 heavy (non-hydrogen) atoms. The van der Waals surface area contributed by atoms with E-state index in [0.717, 1.165) is 64.5 Å². The van der Waals surface area contributed by atoms with Crippen LogP contribution >= 0.6 is 0 Å². The van der Waals surface area contributed by atoms with Gasteiger partial charge in [0.25, 0.3) is 0 Å². The maximum atomic E-state index is 13.2. The minimum atomic E-state index is -1.13. The van der Waals surface area contributed by atoms with Gasteiger partial charge in [-0.15, -0.1) is 0 Å². The second-order valence-electron chi connectivity index (χ2n) is 11.6. The van der Waals surface area contributed by atoms with Crippen molar-refractivity contribution in [2.45, 2.75) is 103 Å². The minimum Gasteiger partial charge on any atom is -0.480 e. The second kappa shape index (κ2) is 20.6. The van der Waals surface area contributed by atoms with E-state index in [-0.39, 0.29) is 19.0 Å². The van der Waals surface area contributed by atoms with E-state index >= 15 is 0 Å². The molecule has 1 saturated heterocycles. The molecule has 11 heteroatoms. The summed E-state index contributed by atoms with van der Waals surface area (Å²) < 4.78 is 0. The molecule has 1 rings (SSSR count). The molecule has 238 valence electrons.